The Bertz CT molecular complexity index is 902. The van der Waals surface area contributed by atoms with Crippen LogP contribution in [0.15, 0.2) is 75.2 Å². The van der Waals surface area contributed by atoms with Crippen LogP contribution in [0.2, 0.25) is 0 Å². The number of alkyl halides is 3. The van der Waals surface area contributed by atoms with E-state index >= 15 is 0 Å². The molecule has 3 aromatic rings. The quantitative estimate of drug-likeness (QED) is 0.408. The molecule has 0 fully saturated rings. The smallest absolute Gasteiger partial charge is 0.311 e. The maximum absolute atomic E-state index is 13.4. The predicted molar refractivity (Wildman–Crippen MR) is 104 cm³/mol. The molecule has 0 saturated carbocycles. The summed E-state index contributed by atoms with van der Waals surface area (Å²) in [6.45, 7) is 2.41. The molecule has 0 radical (unpaired) electrons. The Morgan fingerprint density at radius 3 is 2.30 bits per heavy atom. The number of benzene rings is 2. The third-order valence-corrected chi connectivity index (χ3v) is 5.24. The monoisotopic (exact) mass is 453 g/mol. The highest BCUT2D eigenvalue weighted by Gasteiger charge is 2.35. The van der Waals surface area contributed by atoms with Crippen LogP contribution < -0.4 is 4.90 Å². The SMILES string of the molecule is CCN(c1ccc(Br)cc1)c1ncc(C(F)(F)F)c(Sc2ccccc2)n1. The second kappa shape index (κ2) is 8.31. The van der Waals surface area contributed by atoms with Crippen LogP contribution in [-0.2, 0) is 6.18 Å². The summed E-state index contributed by atoms with van der Waals surface area (Å²) in [6.07, 6.45) is -3.67. The van der Waals surface area contributed by atoms with Gasteiger partial charge in [0.1, 0.15) is 10.6 Å². The van der Waals surface area contributed by atoms with Gasteiger partial charge in [-0.25, -0.2) is 9.97 Å². The van der Waals surface area contributed by atoms with Crippen molar-refractivity contribution in [2.45, 2.75) is 23.0 Å². The van der Waals surface area contributed by atoms with Gasteiger partial charge in [-0.2, -0.15) is 13.2 Å². The summed E-state index contributed by atoms with van der Waals surface area (Å²) in [5.74, 6) is 0.228. The molecule has 3 nitrogen and oxygen atoms in total. The predicted octanol–water partition coefficient (Wildman–Crippen LogP) is 6.57. The Morgan fingerprint density at radius 2 is 1.70 bits per heavy atom. The maximum atomic E-state index is 13.4. The van der Waals surface area contributed by atoms with Gasteiger partial charge in [-0.1, -0.05) is 45.9 Å². The molecule has 0 bridgehead atoms. The standard InChI is InChI=1S/C19H15BrF3N3S/c1-2-26(14-10-8-13(20)9-11-14)18-24-12-16(19(21,22)23)17(25-18)27-15-6-4-3-5-7-15/h3-12H,2H2,1H3. The van der Waals surface area contributed by atoms with Crippen molar-refractivity contribution in [1.82, 2.24) is 9.97 Å². The number of anilines is 2. The van der Waals surface area contributed by atoms with Crippen LogP contribution >= 0.6 is 27.7 Å². The van der Waals surface area contributed by atoms with E-state index in [1.807, 2.05) is 37.3 Å². The Balaban J connectivity index is 2.03. The van der Waals surface area contributed by atoms with Gasteiger partial charge in [0.25, 0.3) is 0 Å². The summed E-state index contributed by atoms with van der Waals surface area (Å²) in [5, 5.41) is -0.116. The molecule has 1 aromatic heterocycles. The molecule has 0 spiro atoms. The van der Waals surface area contributed by atoms with Crippen LogP contribution in [0.25, 0.3) is 0 Å². The molecule has 0 amide bonds. The largest absolute Gasteiger partial charge is 0.420 e. The Labute approximate surface area is 167 Å². The lowest BCUT2D eigenvalue weighted by Gasteiger charge is -2.22. The molecule has 1 heterocycles. The highest BCUT2D eigenvalue weighted by molar-refractivity contribution is 9.10. The molecular weight excluding hydrogens is 439 g/mol. The minimum absolute atomic E-state index is 0.116. The van der Waals surface area contributed by atoms with E-state index in [-0.39, 0.29) is 11.0 Å². The molecule has 0 unspecified atom stereocenters. The van der Waals surface area contributed by atoms with Crippen molar-refractivity contribution in [3.8, 4) is 0 Å². The third kappa shape index (κ3) is 4.81. The molecule has 8 heteroatoms. The minimum atomic E-state index is -4.52. The first-order chi connectivity index (χ1) is 12.9. The van der Waals surface area contributed by atoms with Crippen molar-refractivity contribution in [3.63, 3.8) is 0 Å². The fourth-order valence-electron chi connectivity index (χ4n) is 2.42. The first-order valence-electron chi connectivity index (χ1n) is 8.08. The highest BCUT2D eigenvalue weighted by atomic mass is 79.9. The molecule has 3 rings (SSSR count). The van der Waals surface area contributed by atoms with Crippen molar-refractivity contribution >= 4 is 39.3 Å². The fraction of sp³-hybridized carbons (Fsp3) is 0.158. The normalized spacial score (nSPS) is 11.4. The summed E-state index contributed by atoms with van der Waals surface area (Å²) < 4.78 is 41.2. The number of hydrogen-bond acceptors (Lipinski definition) is 4. The van der Waals surface area contributed by atoms with Gasteiger partial charge in [0.15, 0.2) is 0 Å². The van der Waals surface area contributed by atoms with Crippen LogP contribution in [0.3, 0.4) is 0 Å². The number of nitrogens with zero attached hydrogens (tertiary/aromatic N) is 3. The number of rotatable bonds is 5. The molecule has 0 atom stereocenters. The van der Waals surface area contributed by atoms with E-state index in [1.54, 1.807) is 29.2 Å². The van der Waals surface area contributed by atoms with Crippen LogP contribution in [0.1, 0.15) is 12.5 Å². The maximum Gasteiger partial charge on any atom is 0.420 e. The van der Waals surface area contributed by atoms with Crippen LogP contribution in [-0.4, -0.2) is 16.5 Å². The third-order valence-electron chi connectivity index (χ3n) is 3.70. The molecule has 27 heavy (non-hydrogen) atoms. The Morgan fingerprint density at radius 1 is 1.04 bits per heavy atom. The fourth-order valence-corrected chi connectivity index (χ4v) is 3.61. The number of halogens is 4. The zero-order valence-corrected chi connectivity index (χ0v) is 16.6. The van der Waals surface area contributed by atoms with Crippen LogP contribution in [0, 0.1) is 0 Å². The summed E-state index contributed by atoms with van der Waals surface area (Å²) >= 11 is 4.35. The molecular formula is C19H15BrF3N3S. The lowest BCUT2D eigenvalue weighted by Crippen LogP contribution is -2.20. The lowest BCUT2D eigenvalue weighted by atomic mass is 10.3. The van der Waals surface area contributed by atoms with E-state index in [1.165, 1.54) is 0 Å². The Hall–Kier alpha value is -2.06. The average Bonchev–Trinajstić information content (AvgIpc) is 2.64. The summed E-state index contributed by atoms with van der Waals surface area (Å²) in [5.41, 5.74) is -0.0388. The van der Waals surface area contributed by atoms with E-state index in [2.05, 4.69) is 25.9 Å². The first kappa shape index (κ1) is 19.7. The topological polar surface area (TPSA) is 29.0 Å². The van der Waals surface area contributed by atoms with Crippen LogP contribution in [0.5, 0.6) is 0 Å². The molecule has 0 aliphatic heterocycles. The number of hydrogen-bond donors (Lipinski definition) is 0. The molecule has 2 aromatic carbocycles. The van der Waals surface area contributed by atoms with Gasteiger partial charge in [-0.05, 0) is 43.3 Å². The van der Waals surface area contributed by atoms with Gasteiger partial charge in [0.2, 0.25) is 5.95 Å². The summed E-state index contributed by atoms with van der Waals surface area (Å²) in [4.78, 5) is 10.7. The number of aromatic nitrogens is 2. The molecule has 0 N–H and O–H groups in total. The van der Waals surface area contributed by atoms with Gasteiger partial charge in [0, 0.05) is 27.8 Å². The van der Waals surface area contributed by atoms with Crippen molar-refractivity contribution in [1.29, 1.82) is 0 Å². The zero-order valence-electron chi connectivity index (χ0n) is 14.2. The average molecular weight is 454 g/mol. The van der Waals surface area contributed by atoms with Crippen molar-refractivity contribution in [3.05, 3.63) is 70.8 Å². The zero-order chi connectivity index (χ0) is 19.4. The van der Waals surface area contributed by atoms with Crippen molar-refractivity contribution in [2.24, 2.45) is 0 Å². The van der Waals surface area contributed by atoms with E-state index in [9.17, 15) is 13.2 Å². The van der Waals surface area contributed by atoms with Gasteiger partial charge >= 0.3 is 6.18 Å². The van der Waals surface area contributed by atoms with E-state index < -0.39 is 11.7 Å². The minimum Gasteiger partial charge on any atom is -0.311 e. The Kier molecular flexibility index (Phi) is 6.06. The van der Waals surface area contributed by atoms with E-state index in [4.69, 9.17) is 0 Å². The van der Waals surface area contributed by atoms with Crippen LogP contribution in [0.4, 0.5) is 24.8 Å². The second-order valence-corrected chi connectivity index (χ2v) is 7.50. The molecule has 0 aliphatic carbocycles. The molecule has 0 aliphatic rings. The summed E-state index contributed by atoms with van der Waals surface area (Å²) in [6, 6.07) is 16.3. The van der Waals surface area contributed by atoms with Crippen molar-refractivity contribution in [2.75, 3.05) is 11.4 Å². The van der Waals surface area contributed by atoms with Gasteiger partial charge in [0.05, 0.1) is 0 Å². The van der Waals surface area contributed by atoms with Gasteiger partial charge in [-0.3, -0.25) is 0 Å². The van der Waals surface area contributed by atoms with Gasteiger partial charge < -0.3 is 4.90 Å². The second-order valence-electron chi connectivity index (χ2n) is 5.52. The van der Waals surface area contributed by atoms with Gasteiger partial charge in [-0.15, -0.1) is 0 Å². The lowest BCUT2D eigenvalue weighted by molar-refractivity contribution is -0.140. The molecule has 0 saturated heterocycles. The van der Waals surface area contributed by atoms with E-state index in [0.717, 1.165) is 28.1 Å². The van der Waals surface area contributed by atoms with E-state index in [0.29, 0.717) is 11.4 Å². The summed E-state index contributed by atoms with van der Waals surface area (Å²) in [7, 11) is 0. The molecule has 140 valence electrons. The first-order valence-corrected chi connectivity index (χ1v) is 9.69. The highest BCUT2D eigenvalue weighted by Crippen LogP contribution is 2.39. The van der Waals surface area contributed by atoms with Crippen molar-refractivity contribution < 1.29 is 13.2 Å².